The predicted molar refractivity (Wildman–Crippen MR) is 72.0 cm³/mol. The first-order chi connectivity index (χ1) is 9.76. The van der Waals surface area contributed by atoms with E-state index in [1.165, 1.54) is 20.8 Å². The third-order valence-electron chi connectivity index (χ3n) is 3.34. The molecule has 0 radical (unpaired) electrons. The summed E-state index contributed by atoms with van der Waals surface area (Å²) in [5.41, 5.74) is -1.76. The Kier molecular flexibility index (Phi) is 7.54. The van der Waals surface area contributed by atoms with Crippen molar-refractivity contribution in [1.29, 1.82) is 0 Å². The first-order valence-electron chi connectivity index (χ1n) is 6.72. The van der Waals surface area contributed by atoms with Gasteiger partial charge in [0.15, 0.2) is 5.92 Å². The first kappa shape index (κ1) is 19.0. The van der Waals surface area contributed by atoms with Crippen molar-refractivity contribution in [2.75, 3.05) is 19.8 Å². The maximum absolute atomic E-state index is 12.1. The van der Waals surface area contributed by atoms with Crippen molar-refractivity contribution in [2.24, 2.45) is 11.3 Å². The largest absolute Gasteiger partial charge is 0.465 e. The van der Waals surface area contributed by atoms with Gasteiger partial charge in [0.2, 0.25) is 6.54 Å². The second kappa shape index (κ2) is 8.33. The lowest BCUT2D eigenvalue weighted by Crippen LogP contribution is -2.50. The van der Waals surface area contributed by atoms with Crippen LogP contribution in [-0.4, -0.2) is 42.4 Å². The summed E-state index contributed by atoms with van der Waals surface area (Å²) in [6, 6.07) is 0. The van der Waals surface area contributed by atoms with Gasteiger partial charge in [0.05, 0.1) is 13.2 Å². The first-order valence-corrected chi connectivity index (χ1v) is 6.72. The molecule has 0 aliphatic heterocycles. The van der Waals surface area contributed by atoms with Crippen LogP contribution in [0.1, 0.15) is 34.1 Å². The molecule has 0 aliphatic carbocycles. The molecule has 1 unspecified atom stereocenters. The zero-order valence-corrected chi connectivity index (χ0v) is 12.7. The molecule has 0 amide bonds. The van der Waals surface area contributed by atoms with Gasteiger partial charge in [-0.1, -0.05) is 6.92 Å². The molecule has 1 atom stereocenters. The van der Waals surface area contributed by atoms with E-state index in [0.717, 1.165) is 6.92 Å². The van der Waals surface area contributed by atoms with Crippen LogP contribution < -0.4 is 0 Å². The maximum Gasteiger partial charge on any atom is 0.321 e. The van der Waals surface area contributed by atoms with E-state index in [2.05, 4.69) is 0 Å². The molecule has 0 aromatic rings. The fourth-order valence-electron chi connectivity index (χ4n) is 2.20. The minimum atomic E-state index is -1.76. The SMILES string of the molecule is CCOC(=O)C(C(=O)OCC)C(CC)(C[N+](=O)[O-])C(C)=O. The number of rotatable bonds is 9. The van der Waals surface area contributed by atoms with Crippen LogP contribution in [0.2, 0.25) is 0 Å². The van der Waals surface area contributed by atoms with E-state index < -0.39 is 40.5 Å². The summed E-state index contributed by atoms with van der Waals surface area (Å²) in [4.78, 5) is 46.3. The molecule has 0 aromatic heterocycles. The topological polar surface area (TPSA) is 113 Å². The van der Waals surface area contributed by atoms with Gasteiger partial charge in [-0.2, -0.15) is 0 Å². The van der Waals surface area contributed by atoms with Crippen molar-refractivity contribution in [3.05, 3.63) is 10.1 Å². The highest BCUT2D eigenvalue weighted by Crippen LogP contribution is 2.35. The third-order valence-corrected chi connectivity index (χ3v) is 3.34. The number of carbonyl (C=O) groups is 3. The summed E-state index contributed by atoms with van der Waals surface area (Å²) in [7, 11) is 0. The van der Waals surface area contributed by atoms with Crippen molar-refractivity contribution < 1.29 is 28.8 Å². The van der Waals surface area contributed by atoms with Gasteiger partial charge in [-0.3, -0.25) is 24.5 Å². The number of ether oxygens (including phenoxy) is 2. The van der Waals surface area contributed by atoms with E-state index >= 15 is 0 Å². The zero-order valence-electron chi connectivity index (χ0n) is 12.7. The van der Waals surface area contributed by atoms with E-state index in [1.54, 1.807) is 0 Å². The van der Waals surface area contributed by atoms with Crippen LogP contribution in [-0.2, 0) is 23.9 Å². The third kappa shape index (κ3) is 4.51. The number of Topliss-reactive ketones (excluding diaryl/α,β-unsaturated/α-hetero) is 1. The summed E-state index contributed by atoms with van der Waals surface area (Å²) in [6.45, 7) is 4.86. The summed E-state index contributed by atoms with van der Waals surface area (Å²) in [5, 5.41) is 10.9. The quantitative estimate of drug-likeness (QED) is 0.270. The maximum atomic E-state index is 12.1. The van der Waals surface area contributed by atoms with E-state index in [9.17, 15) is 24.5 Å². The molecule has 0 saturated heterocycles. The van der Waals surface area contributed by atoms with Gasteiger partial charge in [0, 0.05) is 4.92 Å². The summed E-state index contributed by atoms with van der Waals surface area (Å²) in [6.07, 6.45) is -0.0500. The Balaban J connectivity index is 5.87. The highest BCUT2D eigenvalue weighted by molar-refractivity contribution is 6.02. The fourth-order valence-corrected chi connectivity index (χ4v) is 2.20. The minimum absolute atomic E-state index is 0.00903. The molecular formula is C13H21NO7. The van der Waals surface area contributed by atoms with E-state index in [0.29, 0.717) is 0 Å². The van der Waals surface area contributed by atoms with Crippen molar-refractivity contribution in [3.8, 4) is 0 Å². The number of esters is 2. The van der Waals surface area contributed by atoms with Crippen molar-refractivity contribution in [2.45, 2.75) is 34.1 Å². The Morgan fingerprint density at radius 1 is 1.10 bits per heavy atom. The lowest BCUT2D eigenvalue weighted by molar-refractivity contribution is -0.495. The molecule has 0 aliphatic rings. The van der Waals surface area contributed by atoms with Crippen LogP contribution in [0.15, 0.2) is 0 Å². The lowest BCUT2D eigenvalue weighted by atomic mass is 9.70. The normalized spacial score (nSPS) is 13.4. The molecule has 0 bridgehead atoms. The Bertz CT molecular complexity index is 403. The summed E-state index contributed by atoms with van der Waals surface area (Å²) >= 11 is 0. The van der Waals surface area contributed by atoms with E-state index in [-0.39, 0.29) is 19.6 Å². The molecule has 8 heteroatoms. The van der Waals surface area contributed by atoms with Crippen LogP contribution in [0.25, 0.3) is 0 Å². The molecule has 0 fully saturated rings. The number of hydrogen-bond donors (Lipinski definition) is 0. The van der Waals surface area contributed by atoms with Gasteiger partial charge < -0.3 is 9.47 Å². The van der Waals surface area contributed by atoms with Gasteiger partial charge in [0.25, 0.3) is 0 Å². The molecule has 120 valence electrons. The number of nitrogens with zero attached hydrogens (tertiary/aromatic N) is 1. The van der Waals surface area contributed by atoms with Crippen LogP contribution in [0.4, 0.5) is 0 Å². The highest BCUT2D eigenvalue weighted by Gasteiger charge is 2.55. The molecular weight excluding hydrogens is 282 g/mol. The van der Waals surface area contributed by atoms with Crippen LogP contribution in [0.3, 0.4) is 0 Å². The van der Waals surface area contributed by atoms with Crippen molar-refractivity contribution >= 4 is 17.7 Å². The van der Waals surface area contributed by atoms with Gasteiger partial charge >= 0.3 is 11.9 Å². The van der Waals surface area contributed by atoms with Gasteiger partial charge in [-0.25, -0.2) is 0 Å². The number of nitro groups is 1. The van der Waals surface area contributed by atoms with Gasteiger partial charge in [-0.15, -0.1) is 0 Å². The van der Waals surface area contributed by atoms with Crippen LogP contribution in [0.5, 0.6) is 0 Å². The van der Waals surface area contributed by atoms with Crippen LogP contribution >= 0.6 is 0 Å². The lowest BCUT2D eigenvalue weighted by Gasteiger charge is -2.31. The predicted octanol–water partition coefficient (Wildman–Crippen LogP) is 0.991. The van der Waals surface area contributed by atoms with Gasteiger partial charge in [-0.05, 0) is 27.2 Å². The molecule has 0 rings (SSSR count). The van der Waals surface area contributed by atoms with Crippen molar-refractivity contribution in [3.63, 3.8) is 0 Å². The Morgan fingerprint density at radius 2 is 1.52 bits per heavy atom. The monoisotopic (exact) mass is 303 g/mol. The zero-order chi connectivity index (χ0) is 16.6. The average Bonchev–Trinajstić information content (AvgIpc) is 2.37. The Hall–Kier alpha value is -1.99. The number of ketones is 1. The number of hydrogen-bond acceptors (Lipinski definition) is 7. The van der Waals surface area contributed by atoms with Gasteiger partial charge in [0.1, 0.15) is 11.2 Å². The second-order valence-electron chi connectivity index (χ2n) is 4.49. The molecule has 0 saturated carbocycles. The number of carbonyl (C=O) groups excluding carboxylic acids is 3. The molecule has 0 spiro atoms. The summed E-state index contributed by atoms with van der Waals surface area (Å²) < 4.78 is 9.59. The van der Waals surface area contributed by atoms with E-state index in [1.807, 2.05) is 0 Å². The van der Waals surface area contributed by atoms with Crippen LogP contribution in [0, 0.1) is 21.4 Å². The molecule has 0 heterocycles. The molecule has 21 heavy (non-hydrogen) atoms. The smallest absolute Gasteiger partial charge is 0.321 e. The van der Waals surface area contributed by atoms with E-state index in [4.69, 9.17) is 9.47 Å². The molecule has 0 N–H and O–H groups in total. The second-order valence-corrected chi connectivity index (χ2v) is 4.49. The molecule has 0 aromatic carbocycles. The van der Waals surface area contributed by atoms with Crippen molar-refractivity contribution in [1.82, 2.24) is 0 Å². The molecule has 8 nitrogen and oxygen atoms in total. The average molecular weight is 303 g/mol. The standard InChI is InChI=1S/C13H21NO7/c1-5-13(9(4)15,8-14(18)19)10(11(16)20-6-2)12(17)21-7-3/h10H,5-8H2,1-4H3. The highest BCUT2D eigenvalue weighted by atomic mass is 16.6. The Labute approximate surface area is 122 Å². The summed E-state index contributed by atoms with van der Waals surface area (Å²) in [5.74, 6) is -4.21. The minimum Gasteiger partial charge on any atom is -0.465 e. The fraction of sp³-hybridized carbons (Fsp3) is 0.769. The Morgan fingerprint density at radius 3 is 1.76 bits per heavy atom.